The van der Waals surface area contributed by atoms with Crippen molar-refractivity contribution in [2.24, 2.45) is 0 Å². The van der Waals surface area contributed by atoms with Gasteiger partial charge in [0.2, 0.25) is 5.91 Å². The molecule has 0 aromatic carbocycles. The molecule has 0 aliphatic rings. The maximum absolute atomic E-state index is 11.9. The summed E-state index contributed by atoms with van der Waals surface area (Å²) in [5.41, 5.74) is 6.93. The fraction of sp³-hybridized carbons (Fsp3) is 0.357. The number of amides is 1. The van der Waals surface area contributed by atoms with E-state index in [2.05, 4.69) is 36.1 Å². The van der Waals surface area contributed by atoms with E-state index in [1.54, 1.807) is 23.5 Å². The zero-order chi connectivity index (χ0) is 14.8. The van der Waals surface area contributed by atoms with Crippen LogP contribution in [0, 0.1) is 0 Å². The van der Waals surface area contributed by atoms with E-state index in [-0.39, 0.29) is 42.6 Å². The van der Waals surface area contributed by atoms with E-state index in [1.807, 2.05) is 5.38 Å². The Morgan fingerprint density at radius 3 is 2.50 bits per heavy atom. The smallest absolute Gasteiger partial charge is 0.230 e. The fourth-order valence-corrected chi connectivity index (χ4v) is 2.49. The highest BCUT2D eigenvalue weighted by atomic mass is 35.5. The normalized spacial score (nSPS) is 10.3. The van der Waals surface area contributed by atoms with Gasteiger partial charge in [0, 0.05) is 10.8 Å². The number of aromatic nitrogens is 2. The Hall–Kier alpha value is -1.37. The van der Waals surface area contributed by atoms with Gasteiger partial charge in [-0.3, -0.25) is 4.79 Å². The van der Waals surface area contributed by atoms with Crippen LogP contribution in [0.2, 0.25) is 0 Å². The number of nitrogen functional groups attached to an aromatic ring is 1. The van der Waals surface area contributed by atoms with Crippen molar-refractivity contribution in [1.82, 2.24) is 9.97 Å². The Kier molecular flexibility index (Phi) is 7.79. The number of halogens is 2. The van der Waals surface area contributed by atoms with Crippen molar-refractivity contribution in [2.75, 3.05) is 11.1 Å². The van der Waals surface area contributed by atoms with Gasteiger partial charge in [0.1, 0.15) is 5.82 Å². The lowest BCUT2D eigenvalue weighted by molar-refractivity contribution is -0.115. The zero-order valence-corrected chi connectivity index (χ0v) is 15.1. The van der Waals surface area contributed by atoms with Crippen LogP contribution in [-0.4, -0.2) is 15.9 Å². The Balaban J connectivity index is 0.00000220. The van der Waals surface area contributed by atoms with E-state index < -0.39 is 0 Å². The Morgan fingerprint density at radius 1 is 1.32 bits per heavy atom. The number of nitrogens with zero attached hydrogens (tertiary/aromatic N) is 2. The molecule has 5 nitrogen and oxygen atoms in total. The summed E-state index contributed by atoms with van der Waals surface area (Å²) < 4.78 is 0. The molecule has 0 aliphatic heterocycles. The summed E-state index contributed by atoms with van der Waals surface area (Å²) >= 11 is 1.59. The summed E-state index contributed by atoms with van der Waals surface area (Å²) in [7, 11) is 0. The summed E-state index contributed by atoms with van der Waals surface area (Å²) in [5, 5.41) is 5.74. The molecule has 2 rings (SSSR count). The van der Waals surface area contributed by atoms with E-state index in [9.17, 15) is 4.79 Å². The molecule has 0 unspecified atom stereocenters. The second kappa shape index (κ2) is 8.31. The Morgan fingerprint density at radius 2 is 2.00 bits per heavy atom. The summed E-state index contributed by atoms with van der Waals surface area (Å²) in [5.74, 6) is 0.319. The van der Waals surface area contributed by atoms with Gasteiger partial charge in [-0.05, 0) is 12.1 Å². The van der Waals surface area contributed by atoms with Crippen LogP contribution in [0.25, 0.3) is 0 Å². The van der Waals surface area contributed by atoms with Gasteiger partial charge in [-0.1, -0.05) is 20.8 Å². The average Bonchev–Trinajstić information content (AvgIpc) is 2.80. The van der Waals surface area contributed by atoms with Gasteiger partial charge in [-0.25, -0.2) is 9.97 Å². The van der Waals surface area contributed by atoms with Crippen LogP contribution in [-0.2, 0) is 16.6 Å². The van der Waals surface area contributed by atoms with Gasteiger partial charge < -0.3 is 11.1 Å². The SMILES string of the molecule is CC(C)(C)c1nc(CC(=O)Nc2ccc(N)nc2)cs1.Cl.Cl. The van der Waals surface area contributed by atoms with Gasteiger partial charge in [-0.2, -0.15) is 0 Å². The van der Waals surface area contributed by atoms with E-state index in [0.29, 0.717) is 11.5 Å². The lowest BCUT2D eigenvalue weighted by atomic mass is 9.98. The third-order valence-corrected chi connectivity index (χ3v) is 3.92. The number of carbonyl (C=O) groups is 1. The van der Waals surface area contributed by atoms with Crippen molar-refractivity contribution in [3.63, 3.8) is 0 Å². The summed E-state index contributed by atoms with van der Waals surface area (Å²) in [6.45, 7) is 6.32. The molecule has 0 aliphatic carbocycles. The lowest BCUT2D eigenvalue weighted by Gasteiger charge is -2.13. The van der Waals surface area contributed by atoms with E-state index in [0.717, 1.165) is 10.7 Å². The van der Waals surface area contributed by atoms with Crippen LogP contribution in [0.15, 0.2) is 23.7 Å². The quantitative estimate of drug-likeness (QED) is 0.875. The molecule has 22 heavy (non-hydrogen) atoms. The van der Waals surface area contributed by atoms with Crippen LogP contribution >= 0.6 is 36.2 Å². The maximum atomic E-state index is 11.9. The molecule has 122 valence electrons. The number of rotatable bonds is 3. The summed E-state index contributed by atoms with van der Waals surface area (Å²) in [6, 6.07) is 3.37. The van der Waals surface area contributed by atoms with E-state index in [1.165, 1.54) is 6.20 Å². The third-order valence-electron chi connectivity index (χ3n) is 2.61. The monoisotopic (exact) mass is 362 g/mol. The largest absolute Gasteiger partial charge is 0.384 e. The molecule has 3 N–H and O–H groups in total. The highest BCUT2D eigenvalue weighted by Gasteiger charge is 2.18. The standard InChI is InChI=1S/C14H18N4OS.2ClH/c1-14(2,3)13-18-10(8-20-13)6-12(19)17-9-4-5-11(15)16-7-9;;/h4-5,7-8H,6H2,1-3H3,(H2,15,16)(H,17,19);2*1H. The molecule has 1 amide bonds. The lowest BCUT2D eigenvalue weighted by Crippen LogP contribution is -2.15. The van der Waals surface area contributed by atoms with Crippen LogP contribution in [0.5, 0.6) is 0 Å². The van der Waals surface area contributed by atoms with Gasteiger partial charge in [0.25, 0.3) is 0 Å². The van der Waals surface area contributed by atoms with Crippen molar-refractivity contribution in [1.29, 1.82) is 0 Å². The number of anilines is 2. The fourth-order valence-electron chi connectivity index (χ4n) is 1.58. The molecule has 0 saturated carbocycles. The second-order valence-corrected chi connectivity index (χ2v) is 6.45. The Labute approximate surface area is 146 Å². The van der Waals surface area contributed by atoms with Gasteiger partial charge in [-0.15, -0.1) is 36.2 Å². The van der Waals surface area contributed by atoms with Crippen LogP contribution in [0.1, 0.15) is 31.5 Å². The van der Waals surface area contributed by atoms with Crippen molar-refractivity contribution in [3.8, 4) is 0 Å². The molecular formula is C14H20Cl2N4OS. The van der Waals surface area contributed by atoms with Crippen molar-refractivity contribution in [3.05, 3.63) is 34.4 Å². The molecule has 0 fully saturated rings. The molecule has 0 bridgehead atoms. The molecule has 0 spiro atoms. The zero-order valence-electron chi connectivity index (χ0n) is 12.6. The van der Waals surface area contributed by atoms with Crippen molar-refractivity contribution >= 4 is 53.6 Å². The topological polar surface area (TPSA) is 80.9 Å². The average molecular weight is 363 g/mol. The van der Waals surface area contributed by atoms with Gasteiger partial charge >= 0.3 is 0 Å². The molecule has 0 saturated heterocycles. The number of carbonyl (C=O) groups excluding carboxylic acids is 1. The summed E-state index contributed by atoms with van der Waals surface area (Å²) in [4.78, 5) is 20.3. The minimum absolute atomic E-state index is 0. The molecule has 8 heteroatoms. The maximum Gasteiger partial charge on any atom is 0.230 e. The predicted molar refractivity (Wildman–Crippen MR) is 96.3 cm³/mol. The first-order chi connectivity index (χ1) is 9.34. The number of nitrogens with two attached hydrogens (primary N) is 1. The van der Waals surface area contributed by atoms with Gasteiger partial charge in [0.05, 0.1) is 29.0 Å². The van der Waals surface area contributed by atoms with E-state index in [4.69, 9.17) is 5.73 Å². The highest BCUT2D eigenvalue weighted by Crippen LogP contribution is 2.25. The molecule has 2 aromatic heterocycles. The minimum atomic E-state index is -0.109. The summed E-state index contributed by atoms with van der Waals surface area (Å²) in [6.07, 6.45) is 1.80. The van der Waals surface area contributed by atoms with Crippen LogP contribution < -0.4 is 11.1 Å². The van der Waals surface area contributed by atoms with Crippen LogP contribution in [0.3, 0.4) is 0 Å². The number of pyridine rings is 1. The van der Waals surface area contributed by atoms with Crippen molar-refractivity contribution in [2.45, 2.75) is 32.6 Å². The minimum Gasteiger partial charge on any atom is -0.384 e. The Bertz CT molecular complexity index is 608. The number of nitrogens with one attached hydrogen (secondary N) is 1. The van der Waals surface area contributed by atoms with E-state index >= 15 is 0 Å². The molecular weight excluding hydrogens is 343 g/mol. The molecule has 2 aromatic rings. The third kappa shape index (κ3) is 5.79. The predicted octanol–water partition coefficient (Wildman–Crippen LogP) is 3.44. The molecule has 0 radical (unpaired) electrons. The number of hydrogen-bond donors (Lipinski definition) is 2. The highest BCUT2D eigenvalue weighted by molar-refractivity contribution is 7.09. The molecule has 0 atom stereocenters. The first kappa shape index (κ1) is 20.6. The second-order valence-electron chi connectivity index (χ2n) is 5.59. The molecule has 2 heterocycles. The number of thiazole rings is 1. The first-order valence-corrected chi connectivity index (χ1v) is 7.19. The number of hydrogen-bond acceptors (Lipinski definition) is 5. The van der Waals surface area contributed by atoms with Crippen LogP contribution in [0.4, 0.5) is 11.5 Å². The van der Waals surface area contributed by atoms with Gasteiger partial charge in [0.15, 0.2) is 0 Å². The first-order valence-electron chi connectivity index (χ1n) is 6.31. The van der Waals surface area contributed by atoms with Crippen molar-refractivity contribution < 1.29 is 4.79 Å².